The Labute approximate surface area is 176 Å². The van der Waals surface area contributed by atoms with E-state index in [0.29, 0.717) is 0 Å². The smallest absolute Gasteiger partial charge is 0.135 e. The monoisotopic (exact) mass is 406 g/mol. The number of fused-ring (bicyclic) bond motifs is 2. The van der Waals surface area contributed by atoms with Gasteiger partial charge in [-0.1, -0.05) is 42.8 Å². The Morgan fingerprint density at radius 3 is 2.41 bits per heavy atom. The van der Waals surface area contributed by atoms with Gasteiger partial charge in [0.15, 0.2) is 0 Å². The lowest BCUT2D eigenvalue weighted by Crippen LogP contribution is -2.26. The molecule has 3 atom stereocenters. The van der Waals surface area contributed by atoms with Crippen molar-refractivity contribution in [1.82, 2.24) is 0 Å². The minimum Gasteiger partial charge on any atom is -0.497 e. The summed E-state index contributed by atoms with van der Waals surface area (Å²) in [6.07, 6.45) is 0.809. The Morgan fingerprint density at radius 1 is 1.00 bits per heavy atom. The maximum Gasteiger partial charge on any atom is 0.135 e. The number of ether oxygens (including phenoxy) is 3. The molecule has 2 aliphatic rings. The van der Waals surface area contributed by atoms with E-state index in [1.165, 1.54) is 11.1 Å². The van der Waals surface area contributed by atoms with Crippen LogP contribution in [-0.2, 0) is 12.0 Å². The topological polar surface area (TPSA) is 27.7 Å². The fourth-order valence-electron chi connectivity index (χ4n) is 4.47. The van der Waals surface area contributed by atoms with Crippen molar-refractivity contribution < 1.29 is 14.2 Å². The van der Waals surface area contributed by atoms with Crippen molar-refractivity contribution in [3.63, 3.8) is 0 Å². The van der Waals surface area contributed by atoms with Crippen molar-refractivity contribution in [3.05, 3.63) is 87.9 Å². The van der Waals surface area contributed by atoms with Gasteiger partial charge in [0, 0.05) is 28.5 Å². The van der Waals surface area contributed by atoms with E-state index in [-0.39, 0.29) is 17.6 Å². The van der Waals surface area contributed by atoms with E-state index in [2.05, 4.69) is 38.1 Å². The molecular weight excluding hydrogens is 384 g/mol. The van der Waals surface area contributed by atoms with E-state index < -0.39 is 0 Å². The fourth-order valence-corrected chi connectivity index (χ4v) is 4.59. The first-order valence-electron chi connectivity index (χ1n) is 9.89. The molecule has 0 bridgehead atoms. The summed E-state index contributed by atoms with van der Waals surface area (Å²) in [4.78, 5) is 0. The molecule has 3 aromatic carbocycles. The zero-order chi connectivity index (χ0) is 20.2. The van der Waals surface area contributed by atoms with Crippen molar-refractivity contribution in [3.8, 4) is 17.2 Å². The van der Waals surface area contributed by atoms with E-state index in [9.17, 15) is 0 Å². The van der Waals surface area contributed by atoms with Gasteiger partial charge in [0.05, 0.1) is 7.11 Å². The molecule has 0 saturated carbocycles. The van der Waals surface area contributed by atoms with Crippen LogP contribution in [0.2, 0.25) is 5.02 Å². The number of hydrogen-bond donors (Lipinski definition) is 0. The Bertz CT molecular complexity index is 1060. The number of halogens is 1. The molecule has 4 heteroatoms. The first kappa shape index (κ1) is 18.4. The average molecular weight is 407 g/mol. The van der Waals surface area contributed by atoms with Gasteiger partial charge in [0.25, 0.3) is 0 Å². The number of benzene rings is 3. The van der Waals surface area contributed by atoms with Crippen LogP contribution in [0.15, 0.2) is 60.7 Å². The molecule has 0 saturated heterocycles. The van der Waals surface area contributed by atoms with Gasteiger partial charge in [-0.15, -0.1) is 0 Å². The van der Waals surface area contributed by atoms with Crippen molar-refractivity contribution in [2.24, 2.45) is 0 Å². The third-order valence-electron chi connectivity index (χ3n) is 6.15. The third-order valence-corrected chi connectivity index (χ3v) is 6.41. The Hall–Kier alpha value is -2.65. The Morgan fingerprint density at radius 2 is 1.72 bits per heavy atom. The van der Waals surface area contributed by atoms with Crippen molar-refractivity contribution in [2.45, 2.75) is 37.9 Å². The van der Waals surface area contributed by atoms with Gasteiger partial charge in [-0.05, 0) is 54.4 Å². The van der Waals surface area contributed by atoms with Crippen LogP contribution in [0.1, 0.15) is 48.1 Å². The molecule has 29 heavy (non-hydrogen) atoms. The summed E-state index contributed by atoms with van der Waals surface area (Å²) in [7, 11) is 1.68. The van der Waals surface area contributed by atoms with Gasteiger partial charge >= 0.3 is 0 Å². The SMILES string of the molecule is COc1ccc([C@H]2Oc3cc4c(cc3C2C)O[C@](C)(c2ccc(Cl)cc2)C4)cc1. The second kappa shape index (κ2) is 6.70. The van der Waals surface area contributed by atoms with Crippen LogP contribution < -0.4 is 14.2 Å². The highest BCUT2D eigenvalue weighted by atomic mass is 35.5. The summed E-state index contributed by atoms with van der Waals surface area (Å²) in [6.45, 7) is 4.34. The number of hydrogen-bond acceptors (Lipinski definition) is 3. The van der Waals surface area contributed by atoms with Crippen LogP contribution in [0.5, 0.6) is 17.2 Å². The highest BCUT2D eigenvalue weighted by molar-refractivity contribution is 6.30. The molecule has 0 fully saturated rings. The summed E-state index contributed by atoms with van der Waals surface area (Å²) >= 11 is 6.05. The highest BCUT2D eigenvalue weighted by Crippen LogP contribution is 2.51. The van der Waals surface area contributed by atoms with Gasteiger partial charge in [-0.2, -0.15) is 0 Å². The molecule has 0 amide bonds. The molecule has 3 aromatic rings. The van der Waals surface area contributed by atoms with Crippen molar-refractivity contribution >= 4 is 11.6 Å². The molecule has 1 unspecified atom stereocenters. The molecule has 0 radical (unpaired) electrons. The van der Waals surface area contributed by atoms with Gasteiger partial charge < -0.3 is 14.2 Å². The summed E-state index contributed by atoms with van der Waals surface area (Å²) in [5, 5.41) is 0.735. The predicted molar refractivity (Wildman–Crippen MR) is 114 cm³/mol. The lowest BCUT2D eigenvalue weighted by atomic mass is 9.89. The first-order chi connectivity index (χ1) is 14.0. The minimum absolute atomic E-state index is 0.00100. The number of rotatable bonds is 3. The largest absolute Gasteiger partial charge is 0.497 e. The van der Waals surface area contributed by atoms with Crippen LogP contribution in [0.25, 0.3) is 0 Å². The second-order valence-electron chi connectivity index (χ2n) is 8.11. The van der Waals surface area contributed by atoms with E-state index >= 15 is 0 Å². The van der Waals surface area contributed by atoms with Crippen LogP contribution in [0, 0.1) is 0 Å². The first-order valence-corrected chi connectivity index (χ1v) is 10.3. The maximum atomic E-state index is 6.45. The lowest BCUT2D eigenvalue weighted by Gasteiger charge is -2.24. The molecule has 0 N–H and O–H groups in total. The zero-order valence-corrected chi connectivity index (χ0v) is 17.5. The van der Waals surface area contributed by atoms with Crippen LogP contribution >= 0.6 is 11.6 Å². The third kappa shape index (κ3) is 3.05. The van der Waals surface area contributed by atoms with Crippen LogP contribution in [0.3, 0.4) is 0 Å². The molecule has 148 valence electrons. The summed E-state index contributed by atoms with van der Waals surface area (Å²) < 4.78 is 18.1. The van der Waals surface area contributed by atoms with E-state index in [4.69, 9.17) is 25.8 Å². The summed E-state index contributed by atoms with van der Waals surface area (Å²) in [5.74, 6) is 3.01. The quantitative estimate of drug-likeness (QED) is 0.501. The van der Waals surface area contributed by atoms with Crippen molar-refractivity contribution in [2.75, 3.05) is 7.11 Å². The molecule has 2 aliphatic heterocycles. The predicted octanol–water partition coefficient (Wildman–Crippen LogP) is 6.44. The molecule has 0 aliphatic carbocycles. The Kier molecular flexibility index (Phi) is 4.25. The molecular formula is C25H23ClO3. The van der Waals surface area contributed by atoms with Gasteiger partial charge in [0.1, 0.15) is 29.0 Å². The lowest BCUT2D eigenvalue weighted by molar-refractivity contribution is 0.115. The molecule has 3 nitrogen and oxygen atoms in total. The van der Waals surface area contributed by atoms with Crippen LogP contribution in [-0.4, -0.2) is 7.11 Å². The molecule has 2 heterocycles. The normalized spacial score (nSPS) is 24.4. The standard InChI is InChI=1S/C25H23ClO3/c1-15-21-13-22-17(14-25(2,29-22)18-6-8-19(26)9-7-18)12-23(21)28-24(15)16-4-10-20(27-3)11-5-16/h4-13,15,24H,14H2,1-3H3/t15?,24-,25-/m0/s1. The van der Waals surface area contributed by atoms with E-state index in [0.717, 1.165) is 39.8 Å². The zero-order valence-electron chi connectivity index (χ0n) is 16.7. The summed E-state index contributed by atoms with van der Waals surface area (Å²) in [6, 6.07) is 20.4. The molecule has 5 rings (SSSR count). The van der Waals surface area contributed by atoms with E-state index in [1.54, 1.807) is 7.11 Å². The van der Waals surface area contributed by atoms with Crippen LogP contribution in [0.4, 0.5) is 0 Å². The molecule has 0 spiro atoms. The van der Waals surface area contributed by atoms with Crippen molar-refractivity contribution in [1.29, 1.82) is 0 Å². The number of methoxy groups -OCH3 is 1. The highest BCUT2D eigenvalue weighted by Gasteiger charge is 2.40. The van der Waals surface area contributed by atoms with Gasteiger partial charge in [-0.25, -0.2) is 0 Å². The molecule has 0 aromatic heterocycles. The second-order valence-corrected chi connectivity index (χ2v) is 8.55. The van der Waals surface area contributed by atoms with E-state index in [1.807, 2.05) is 36.4 Å². The maximum absolute atomic E-state index is 6.45. The average Bonchev–Trinajstić information content (AvgIpc) is 3.23. The van der Waals surface area contributed by atoms with Gasteiger partial charge in [-0.3, -0.25) is 0 Å². The van der Waals surface area contributed by atoms with Gasteiger partial charge in [0.2, 0.25) is 0 Å². The Balaban J connectivity index is 1.43. The minimum atomic E-state index is -0.388. The fraction of sp³-hybridized carbons (Fsp3) is 0.280. The summed E-state index contributed by atoms with van der Waals surface area (Å²) in [5.41, 5.74) is 4.28.